The molecule has 118 valence electrons. The second-order valence-electron chi connectivity index (χ2n) is 5.55. The van der Waals surface area contributed by atoms with E-state index in [1.165, 1.54) is 23.6 Å². The molecule has 6 nitrogen and oxygen atoms in total. The average Bonchev–Trinajstić information content (AvgIpc) is 3.00. The Morgan fingerprint density at radius 3 is 2.83 bits per heavy atom. The number of rotatable bonds is 4. The number of anilines is 1. The fraction of sp³-hybridized carbons (Fsp3) is 0.235. The molecule has 0 radical (unpaired) electrons. The van der Waals surface area contributed by atoms with Crippen LogP contribution in [0.25, 0.3) is 0 Å². The van der Waals surface area contributed by atoms with E-state index in [2.05, 4.69) is 22.4 Å². The minimum absolute atomic E-state index is 0.0570. The first-order valence-electron chi connectivity index (χ1n) is 7.54. The molecule has 3 N–H and O–H groups in total. The Hall–Kier alpha value is -2.89. The summed E-state index contributed by atoms with van der Waals surface area (Å²) in [5, 5.41) is 14.0. The highest BCUT2D eigenvalue weighted by atomic mass is 16.6. The third-order valence-electron chi connectivity index (χ3n) is 3.98. The number of para-hydroxylation sites is 1. The quantitative estimate of drug-likeness (QED) is 0.393. The summed E-state index contributed by atoms with van der Waals surface area (Å²) in [6.07, 6.45) is 3.43. The summed E-state index contributed by atoms with van der Waals surface area (Å²) in [5.41, 5.74) is 10.1. The zero-order valence-electron chi connectivity index (χ0n) is 12.7. The van der Waals surface area contributed by atoms with E-state index in [0.717, 1.165) is 18.5 Å². The van der Waals surface area contributed by atoms with Crippen LogP contribution < -0.4 is 11.1 Å². The number of fused-ring (bicyclic) bond motifs is 1. The summed E-state index contributed by atoms with van der Waals surface area (Å²) in [5.74, 6) is 0.251. The summed E-state index contributed by atoms with van der Waals surface area (Å²) >= 11 is 0. The first-order chi connectivity index (χ1) is 11.1. The minimum atomic E-state index is -0.408. The normalized spacial score (nSPS) is 13.7. The van der Waals surface area contributed by atoms with Gasteiger partial charge in [0, 0.05) is 11.8 Å². The molecule has 0 amide bonds. The maximum atomic E-state index is 11.0. The Labute approximate surface area is 134 Å². The standard InChI is InChI=1S/C17H18N4O2/c18-17(19-11-14-4-1-2-7-16(14)21(22)23)20-15-9-8-12-5-3-6-13(12)10-15/h1-2,4,7-10H,3,5-6,11H2,(H3,18,19,20). The number of aryl methyl sites for hydroxylation is 2. The molecule has 0 aliphatic heterocycles. The van der Waals surface area contributed by atoms with Crippen LogP contribution >= 0.6 is 0 Å². The predicted molar refractivity (Wildman–Crippen MR) is 90.5 cm³/mol. The van der Waals surface area contributed by atoms with Crippen molar-refractivity contribution in [3.63, 3.8) is 0 Å². The summed E-state index contributed by atoms with van der Waals surface area (Å²) in [6.45, 7) is 0.168. The van der Waals surface area contributed by atoms with E-state index in [9.17, 15) is 10.1 Å². The fourth-order valence-electron chi connectivity index (χ4n) is 2.83. The van der Waals surface area contributed by atoms with Crippen LogP contribution in [-0.4, -0.2) is 10.9 Å². The van der Waals surface area contributed by atoms with Crippen LogP contribution in [0.4, 0.5) is 11.4 Å². The number of benzene rings is 2. The summed E-state index contributed by atoms with van der Waals surface area (Å²) in [6, 6.07) is 12.7. The van der Waals surface area contributed by atoms with Crippen molar-refractivity contribution in [3.05, 3.63) is 69.3 Å². The largest absolute Gasteiger partial charge is 0.370 e. The number of nitrogens with two attached hydrogens (primary N) is 1. The number of nitrogens with one attached hydrogen (secondary N) is 1. The number of nitrogens with zero attached hydrogens (tertiary/aromatic N) is 2. The van der Waals surface area contributed by atoms with Gasteiger partial charge in [0.05, 0.1) is 17.0 Å². The first kappa shape index (κ1) is 15.0. The van der Waals surface area contributed by atoms with Crippen LogP contribution in [0.5, 0.6) is 0 Å². The number of aliphatic imine (C=N–C) groups is 1. The van der Waals surface area contributed by atoms with Crippen molar-refractivity contribution in [1.29, 1.82) is 0 Å². The van der Waals surface area contributed by atoms with Gasteiger partial charge < -0.3 is 11.1 Å². The van der Waals surface area contributed by atoms with Gasteiger partial charge in [-0.1, -0.05) is 24.3 Å². The minimum Gasteiger partial charge on any atom is -0.370 e. The van der Waals surface area contributed by atoms with E-state index < -0.39 is 4.92 Å². The Balaban J connectivity index is 1.70. The van der Waals surface area contributed by atoms with Crippen molar-refractivity contribution >= 4 is 17.3 Å². The van der Waals surface area contributed by atoms with Gasteiger partial charge in [0.15, 0.2) is 5.96 Å². The van der Waals surface area contributed by atoms with Gasteiger partial charge >= 0.3 is 0 Å². The van der Waals surface area contributed by atoms with Crippen molar-refractivity contribution in [2.75, 3.05) is 5.32 Å². The molecular weight excluding hydrogens is 292 g/mol. The number of hydrogen-bond acceptors (Lipinski definition) is 3. The predicted octanol–water partition coefficient (Wildman–Crippen LogP) is 3.01. The molecule has 0 atom stereocenters. The van der Waals surface area contributed by atoms with Crippen LogP contribution in [0.1, 0.15) is 23.1 Å². The molecule has 0 aromatic heterocycles. The SMILES string of the molecule is NC(=NCc1ccccc1[N+](=O)[O-])Nc1ccc2c(c1)CCC2. The molecule has 2 aromatic rings. The Bertz CT molecular complexity index is 771. The van der Waals surface area contributed by atoms with Crippen molar-refractivity contribution in [3.8, 4) is 0 Å². The van der Waals surface area contributed by atoms with Gasteiger partial charge in [-0.15, -0.1) is 0 Å². The van der Waals surface area contributed by atoms with Crippen molar-refractivity contribution in [1.82, 2.24) is 0 Å². The molecule has 6 heteroatoms. The molecular formula is C17H18N4O2. The van der Waals surface area contributed by atoms with E-state index >= 15 is 0 Å². The van der Waals surface area contributed by atoms with Crippen molar-refractivity contribution in [2.45, 2.75) is 25.8 Å². The second kappa shape index (κ2) is 6.48. The molecule has 1 aliphatic carbocycles. The van der Waals surface area contributed by atoms with Gasteiger partial charge in [-0.25, -0.2) is 4.99 Å². The number of hydrogen-bond donors (Lipinski definition) is 2. The Kier molecular flexibility index (Phi) is 4.23. The molecule has 2 aromatic carbocycles. The summed E-state index contributed by atoms with van der Waals surface area (Å²) < 4.78 is 0. The lowest BCUT2D eigenvalue weighted by Crippen LogP contribution is -2.22. The average molecular weight is 310 g/mol. The van der Waals surface area contributed by atoms with Crippen LogP contribution in [0.2, 0.25) is 0 Å². The number of guanidine groups is 1. The van der Waals surface area contributed by atoms with Crippen LogP contribution in [0.3, 0.4) is 0 Å². The molecule has 0 bridgehead atoms. The monoisotopic (exact) mass is 310 g/mol. The van der Waals surface area contributed by atoms with Crippen LogP contribution in [0, 0.1) is 10.1 Å². The van der Waals surface area contributed by atoms with Gasteiger partial charge in [-0.3, -0.25) is 10.1 Å². The molecule has 0 spiro atoms. The highest BCUT2D eigenvalue weighted by Crippen LogP contribution is 2.25. The molecule has 1 aliphatic rings. The lowest BCUT2D eigenvalue weighted by molar-refractivity contribution is -0.385. The summed E-state index contributed by atoms with van der Waals surface area (Å²) in [7, 11) is 0. The third kappa shape index (κ3) is 3.48. The van der Waals surface area contributed by atoms with E-state index in [4.69, 9.17) is 5.73 Å². The number of nitro groups is 1. The maximum Gasteiger partial charge on any atom is 0.274 e. The molecule has 23 heavy (non-hydrogen) atoms. The topological polar surface area (TPSA) is 93.5 Å². The Morgan fingerprint density at radius 2 is 2.00 bits per heavy atom. The van der Waals surface area contributed by atoms with Crippen molar-refractivity contribution in [2.24, 2.45) is 10.7 Å². The molecule has 3 rings (SSSR count). The van der Waals surface area contributed by atoms with Crippen LogP contribution in [-0.2, 0) is 19.4 Å². The maximum absolute atomic E-state index is 11.0. The molecule has 0 heterocycles. The van der Waals surface area contributed by atoms with E-state index in [0.29, 0.717) is 5.56 Å². The number of nitro benzene ring substituents is 1. The van der Waals surface area contributed by atoms with Crippen molar-refractivity contribution < 1.29 is 4.92 Å². The van der Waals surface area contributed by atoms with Gasteiger partial charge in [0.2, 0.25) is 0 Å². The molecule has 0 saturated carbocycles. The van der Waals surface area contributed by atoms with Crippen LogP contribution in [0.15, 0.2) is 47.5 Å². The van der Waals surface area contributed by atoms with E-state index in [1.54, 1.807) is 18.2 Å². The third-order valence-corrected chi connectivity index (χ3v) is 3.98. The van der Waals surface area contributed by atoms with Gasteiger partial charge in [0.25, 0.3) is 5.69 Å². The summed E-state index contributed by atoms with van der Waals surface area (Å²) in [4.78, 5) is 14.8. The smallest absolute Gasteiger partial charge is 0.274 e. The molecule has 0 fully saturated rings. The zero-order chi connectivity index (χ0) is 16.2. The van der Waals surface area contributed by atoms with Gasteiger partial charge in [-0.2, -0.15) is 0 Å². The lowest BCUT2D eigenvalue weighted by Gasteiger charge is -2.08. The van der Waals surface area contributed by atoms with Gasteiger partial charge in [0.1, 0.15) is 0 Å². The zero-order valence-corrected chi connectivity index (χ0v) is 12.7. The highest BCUT2D eigenvalue weighted by molar-refractivity contribution is 5.92. The molecule has 0 saturated heterocycles. The second-order valence-corrected chi connectivity index (χ2v) is 5.55. The Morgan fingerprint density at radius 1 is 1.22 bits per heavy atom. The molecule has 0 unspecified atom stereocenters. The van der Waals surface area contributed by atoms with Gasteiger partial charge in [-0.05, 0) is 42.5 Å². The lowest BCUT2D eigenvalue weighted by atomic mass is 10.1. The fourth-order valence-corrected chi connectivity index (χ4v) is 2.83. The van der Waals surface area contributed by atoms with E-state index in [1.807, 2.05) is 6.07 Å². The van der Waals surface area contributed by atoms with E-state index in [-0.39, 0.29) is 18.2 Å². The first-order valence-corrected chi connectivity index (χ1v) is 7.54. The highest BCUT2D eigenvalue weighted by Gasteiger charge is 2.12.